The second-order valence-electron chi connectivity index (χ2n) is 4.89. The quantitative estimate of drug-likeness (QED) is 0.443. The number of nitrogen functional groups attached to an aromatic ring is 1. The van der Waals surface area contributed by atoms with Crippen LogP contribution in [-0.2, 0) is 7.05 Å². The summed E-state index contributed by atoms with van der Waals surface area (Å²) in [6.45, 7) is 0. The van der Waals surface area contributed by atoms with Gasteiger partial charge in [-0.15, -0.1) is 0 Å². The van der Waals surface area contributed by atoms with Crippen molar-refractivity contribution in [2.24, 2.45) is 7.05 Å². The monoisotopic (exact) mass is 334 g/mol. The predicted molar refractivity (Wildman–Crippen MR) is 86.3 cm³/mol. The molecule has 2 heterocycles. The molecule has 0 aliphatic rings. The highest BCUT2D eigenvalue weighted by molar-refractivity contribution is 7.98. The van der Waals surface area contributed by atoms with E-state index in [1.165, 1.54) is 41.6 Å². The number of hydrogen-bond donors (Lipinski definition) is 1. The summed E-state index contributed by atoms with van der Waals surface area (Å²) in [6, 6.07) is 3.97. The molecular weight excluding hydrogens is 322 g/mol. The van der Waals surface area contributed by atoms with Gasteiger partial charge in [0, 0.05) is 24.2 Å². The largest absolute Gasteiger partial charge is 0.396 e. The first kappa shape index (κ1) is 15.4. The first-order chi connectivity index (χ1) is 10.9. The van der Waals surface area contributed by atoms with E-state index in [0.717, 1.165) is 0 Å². The Kier molecular flexibility index (Phi) is 3.77. The third-order valence-corrected chi connectivity index (χ3v) is 4.07. The third-order valence-electron chi connectivity index (χ3n) is 3.51. The number of aromatic nitrogens is 3. The number of halogens is 2. The van der Waals surface area contributed by atoms with Crippen LogP contribution in [0.25, 0.3) is 22.2 Å². The normalized spacial score (nSPS) is 11.1. The first-order valence-corrected chi connectivity index (χ1v) is 7.81. The molecule has 0 spiro atoms. The maximum absolute atomic E-state index is 14.1. The first-order valence-electron chi connectivity index (χ1n) is 6.58. The van der Waals surface area contributed by atoms with Crippen molar-refractivity contribution < 1.29 is 8.78 Å². The predicted octanol–water partition coefficient (Wildman–Crippen LogP) is 2.58. The fraction of sp³-hybridized carbons (Fsp3) is 0.133. The topological polar surface area (TPSA) is 73.8 Å². The fourth-order valence-electron chi connectivity index (χ4n) is 2.29. The summed E-state index contributed by atoms with van der Waals surface area (Å²) in [5, 5.41) is 1.07. The van der Waals surface area contributed by atoms with Gasteiger partial charge in [0.15, 0.2) is 16.8 Å². The molecule has 2 aromatic heterocycles. The number of rotatable bonds is 2. The van der Waals surface area contributed by atoms with E-state index < -0.39 is 17.2 Å². The molecule has 0 bridgehead atoms. The highest BCUT2D eigenvalue weighted by atomic mass is 32.2. The molecule has 0 saturated heterocycles. The van der Waals surface area contributed by atoms with Crippen molar-refractivity contribution in [3.05, 3.63) is 46.4 Å². The number of aryl methyl sites for hydroxylation is 1. The van der Waals surface area contributed by atoms with E-state index in [-0.39, 0.29) is 16.8 Å². The molecule has 0 atom stereocenters. The summed E-state index contributed by atoms with van der Waals surface area (Å²) >= 11 is 1.34. The van der Waals surface area contributed by atoms with Gasteiger partial charge >= 0.3 is 0 Å². The number of thioether (sulfide) groups is 1. The Morgan fingerprint density at radius 1 is 1.22 bits per heavy atom. The number of nitrogens with two attached hydrogens (primary N) is 1. The van der Waals surface area contributed by atoms with Gasteiger partial charge in [-0.1, -0.05) is 11.8 Å². The van der Waals surface area contributed by atoms with Crippen LogP contribution in [0.2, 0.25) is 0 Å². The lowest BCUT2D eigenvalue weighted by Crippen LogP contribution is -2.20. The highest BCUT2D eigenvalue weighted by Crippen LogP contribution is 2.27. The Bertz CT molecular complexity index is 987. The minimum absolute atomic E-state index is 0.0249. The molecule has 8 heteroatoms. The van der Waals surface area contributed by atoms with Crippen LogP contribution in [0, 0.1) is 11.6 Å². The van der Waals surface area contributed by atoms with Gasteiger partial charge in [0.25, 0.3) is 5.56 Å². The molecule has 0 saturated carbocycles. The minimum atomic E-state index is -1.17. The summed E-state index contributed by atoms with van der Waals surface area (Å²) in [4.78, 5) is 20.9. The number of benzene rings is 1. The Balaban J connectivity index is 2.34. The van der Waals surface area contributed by atoms with Gasteiger partial charge in [-0.3, -0.25) is 9.36 Å². The molecule has 23 heavy (non-hydrogen) atoms. The van der Waals surface area contributed by atoms with Gasteiger partial charge in [0.05, 0.1) is 11.3 Å². The Morgan fingerprint density at radius 3 is 2.65 bits per heavy atom. The van der Waals surface area contributed by atoms with E-state index >= 15 is 0 Å². The second-order valence-corrected chi connectivity index (χ2v) is 5.66. The van der Waals surface area contributed by atoms with Gasteiger partial charge in [-0.25, -0.2) is 18.7 Å². The Hall–Kier alpha value is -2.48. The average molecular weight is 334 g/mol. The molecule has 0 amide bonds. The molecule has 0 aliphatic heterocycles. The molecule has 5 nitrogen and oxygen atoms in total. The minimum Gasteiger partial charge on any atom is -0.396 e. The van der Waals surface area contributed by atoms with Crippen LogP contribution in [0.1, 0.15) is 0 Å². The lowest BCUT2D eigenvalue weighted by Gasteiger charge is -2.10. The van der Waals surface area contributed by atoms with Gasteiger partial charge in [-0.05, 0) is 24.5 Å². The number of nitrogens with zero attached hydrogens (tertiary/aromatic N) is 3. The van der Waals surface area contributed by atoms with Crippen molar-refractivity contribution in [3.63, 3.8) is 0 Å². The number of anilines is 1. The van der Waals surface area contributed by atoms with Crippen LogP contribution < -0.4 is 11.3 Å². The van der Waals surface area contributed by atoms with E-state index in [1.54, 1.807) is 6.20 Å². The summed E-state index contributed by atoms with van der Waals surface area (Å²) in [7, 11) is 1.52. The van der Waals surface area contributed by atoms with E-state index in [1.807, 2.05) is 6.26 Å². The maximum atomic E-state index is 14.1. The van der Waals surface area contributed by atoms with Gasteiger partial charge in [0.1, 0.15) is 5.65 Å². The lowest BCUT2D eigenvalue weighted by atomic mass is 10.0. The Labute approximate surface area is 134 Å². The third kappa shape index (κ3) is 2.44. The van der Waals surface area contributed by atoms with Gasteiger partial charge in [0.2, 0.25) is 0 Å². The maximum Gasteiger partial charge on any atom is 0.259 e. The van der Waals surface area contributed by atoms with Crippen LogP contribution in [0.15, 0.2) is 34.3 Å². The zero-order chi connectivity index (χ0) is 16.7. The molecule has 3 aromatic rings. The second kappa shape index (κ2) is 5.62. The van der Waals surface area contributed by atoms with E-state index in [0.29, 0.717) is 16.2 Å². The van der Waals surface area contributed by atoms with E-state index in [4.69, 9.17) is 5.73 Å². The van der Waals surface area contributed by atoms with Crippen LogP contribution >= 0.6 is 11.8 Å². The fourth-order valence-corrected chi connectivity index (χ4v) is 2.63. The zero-order valence-electron chi connectivity index (χ0n) is 12.3. The number of hydrogen-bond acceptors (Lipinski definition) is 5. The molecule has 0 unspecified atom stereocenters. The van der Waals surface area contributed by atoms with Gasteiger partial charge < -0.3 is 5.73 Å². The molecule has 118 valence electrons. The summed E-state index contributed by atoms with van der Waals surface area (Å²) in [5.41, 5.74) is 4.85. The van der Waals surface area contributed by atoms with Crippen molar-refractivity contribution >= 4 is 28.5 Å². The van der Waals surface area contributed by atoms with E-state index in [9.17, 15) is 13.6 Å². The molecule has 2 N–H and O–H groups in total. The Morgan fingerprint density at radius 2 is 1.96 bits per heavy atom. The van der Waals surface area contributed by atoms with Crippen molar-refractivity contribution in [3.8, 4) is 11.1 Å². The number of fused-ring (bicyclic) bond motifs is 1. The van der Waals surface area contributed by atoms with Crippen LogP contribution in [0.5, 0.6) is 0 Å². The van der Waals surface area contributed by atoms with Crippen LogP contribution in [-0.4, -0.2) is 20.8 Å². The summed E-state index contributed by atoms with van der Waals surface area (Å²) in [5.74, 6) is -2.32. The smallest absolute Gasteiger partial charge is 0.259 e. The van der Waals surface area contributed by atoms with Gasteiger partial charge in [-0.2, -0.15) is 0 Å². The van der Waals surface area contributed by atoms with Crippen molar-refractivity contribution in [1.29, 1.82) is 0 Å². The molecule has 1 aromatic carbocycles. The standard InChI is InChI=1S/C15H12F2N4OS/c1-21-13-7(6-19-15(20-13)23-2)5-9(14(21)22)8-3-4-10(18)12(17)11(8)16/h3-6H,18H2,1-2H3. The SMILES string of the molecule is CSc1ncc2cc(-c3ccc(N)c(F)c3F)c(=O)n(C)c2n1. The zero-order valence-corrected chi connectivity index (χ0v) is 13.1. The molecule has 3 rings (SSSR count). The molecule has 0 radical (unpaired) electrons. The van der Waals surface area contributed by atoms with Crippen molar-refractivity contribution in [2.45, 2.75) is 5.16 Å². The average Bonchev–Trinajstić information content (AvgIpc) is 2.56. The summed E-state index contributed by atoms with van der Waals surface area (Å²) in [6.07, 6.45) is 3.36. The highest BCUT2D eigenvalue weighted by Gasteiger charge is 2.18. The van der Waals surface area contributed by atoms with Crippen molar-refractivity contribution in [2.75, 3.05) is 12.0 Å². The molecular formula is C15H12F2N4OS. The van der Waals surface area contributed by atoms with Crippen LogP contribution in [0.3, 0.4) is 0 Å². The number of pyridine rings is 1. The lowest BCUT2D eigenvalue weighted by molar-refractivity contribution is 0.514. The van der Waals surface area contributed by atoms with E-state index in [2.05, 4.69) is 9.97 Å². The summed E-state index contributed by atoms with van der Waals surface area (Å²) < 4.78 is 29.1. The van der Waals surface area contributed by atoms with Crippen molar-refractivity contribution in [1.82, 2.24) is 14.5 Å². The molecule has 0 aliphatic carbocycles. The molecule has 0 fully saturated rings. The van der Waals surface area contributed by atoms with Crippen LogP contribution in [0.4, 0.5) is 14.5 Å².